The van der Waals surface area contributed by atoms with E-state index in [0.29, 0.717) is 0 Å². The Morgan fingerprint density at radius 2 is 1.67 bits per heavy atom. The molecule has 1 rings (SSSR count). The number of hydrogen-bond donors (Lipinski definition) is 0. The van der Waals surface area contributed by atoms with E-state index in [0.717, 1.165) is 5.56 Å². The van der Waals surface area contributed by atoms with Gasteiger partial charge in [-0.15, -0.1) is 0 Å². The Kier molecular flexibility index (Phi) is 2.52. The number of rotatable bonds is 2. The van der Waals surface area contributed by atoms with Gasteiger partial charge in [0.25, 0.3) is 0 Å². The summed E-state index contributed by atoms with van der Waals surface area (Å²) in [4.78, 5) is 0. The maximum absolute atomic E-state index is 11.1. The minimum Gasteiger partial charge on any atom is -0.229 e. The zero-order chi connectivity index (χ0) is 9.19. The van der Waals surface area contributed by atoms with Crippen LogP contribution in [0.5, 0.6) is 0 Å². The van der Waals surface area contributed by atoms with Crippen molar-refractivity contribution in [3.8, 4) is 0 Å². The van der Waals surface area contributed by atoms with Crippen molar-refractivity contribution in [2.75, 3.05) is 6.26 Å². The molecule has 1 atom stereocenters. The lowest BCUT2D eigenvalue weighted by molar-refractivity contribution is 0.592. The summed E-state index contributed by atoms with van der Waals surface area (Å²) in [6, 6.07) is 9.21. The summed E-state index contributed by atoms with van der Waals surface area (Å²) in [6.07, 6.45) is 1.25. The van der Waals surface area contributed by atoms with Crippen LogP contribution in [0.1, 0.15) is 17.7 Å². The SMILES string of the molecule is CC(c1ccccc1)S(C)(=O)=O. The molecule has 0 radical (unpaired) electrons. The van der Waals surface area contributed by atoms with Gasteiger partial charge in [0.15, 0.2) is 9.84 Å². The molecular weight excluding hydrogens is 172 g/mol. The normalized spacial score (nSPS) is 14.2. The van der Waals surface area contributed by atoms with Crippen molar-refractivity contribution in [1.29, 1.82) is 0 Å². The molecule has 0 saturated heterocycles. The molecule has 0 aromatic heterocycles. The Labute approximate surface area is 73.2 Å². The molecule has 1 aromatic carbocycles. The predicted molar refractivity (Wildman–Crippen MR) is 49.7 cm³/mol. The van der Waals surface area contributed by atoms with Gasteiger partial charge in [-0.25, -0.2) is 8.42 Å². The highest BCUT2D eigenvalue weighted by Gasteiger charge is 2.15. The molecule has 66 valence electrons. The van der Waals surface area contributed by atoms with Crippen molar-refractivity contribution in [2.24, 2.45) is 0 Å². The quantitative estimate of drug-likeness (QED) is 0.702. The van der Waals surface area contributed by atoms with Gasteiger partial charge in [-0.2, -0.15) is 0 Å². The lowest BCUT2D eigenvalue weighted by Crippen LogP contribution is -2.07. The van der Waals surface area contributed by atoms with Crippen LogP contribution in [0.15, 0.2) is 30.3 Å². The third-order valence-corrected chi connectivity index (χ3v) is 3.47. The van der Waals surface area contributed by atoms with Gasteiger partial charge in [-0.1, -0.05) is 30.3 Å². The average molecular weight is 184 g/mol. The van der Waals surface area contributed by atoms with Crippen LogP contribution in [-0.4, -0.2) is 14.7 Å². The summed E-state index contributed by atoms with van der Waals surface area (Å²) < 4.78 is 22.3. The van der Waals surface area contributed by atoms with Crippen LogP contribution in [0.2, 0.25) is 0 Å². The van der Waals surface area contributed by atoms with Crippen molar-refractivity contribution in [3.05, 3.63) is 35.9 Å². The molecule has 12 heavy (non-hydrogen) atoms. The fraction of sp³-hybridized carbons (Fsp3) is 0.333. The fourth-order valence-electron chi connectivity index (χ4n) is 0.971. The minimum absolute atomic E-state index is 0.404. The molecule has 0 fully saturated rings. The Morgan fingerprint density at radius 1 is 1.17 bits per heavy atom. The molecule has 0 bridgehead atoms. The molecule has 3 heteroatoms. The van der Waals surface area contributed by atoms with Crippen LogP contribution in [-0.2, 0) is 9.84 Å². The van der Waals surface area contributed by atoms with Gasteiger partial charge < -0.3 is 0 Å². The molecule has 2 nitrogen and oxygen atoms in total. The zero-order valence-corrected chi connectivity index (χ0v) is 8.01. The predicted octanol–water partition coefficient (Wildman–Crippen LogP) is 1.79. The molecule has 0 aliphatic carbocycles. The first-order chi connectivity index (χ1) is 5.52. The number of hydrogen-bond acceptors (Lipinski definition) is 2. The first-order valence-corrected chi connectivity index (χ1v) is 5.71. The van der Waals surface area contributed by atoms with Gasteiger partial charge in [0.2, 0.25) is 0 Å². The standard InChI is InChI=1S/C9H12O2S/c1-8(12(2,10)11)9-6-4-3-5-7-9/h3-8H,1-2H3. The van der Waals surface area contributed by atoms with E-state index in [1.165, 1.54) is 6.26 Å². The third kappa shape index (κ3) is 2.08. The van der Waals surface area contributed by atoms with Gasteiger partial charge in [0.05, 0.1) is 5.25 Å². The molecule has 0 aliphatic rings. The van der Waals surface area contributed by atoms with E-state index < -0.39 is 15.1 Å². The fourth-order valence-corrected chi connectivity index (χ4v) is 1.62. The average Bonchev–Trinajstić information content (AvgIpc) is 2.03. The van der Waals surface area contributed by atoms with E-state index in [2.05, 4.69) is 0 Å². The van der Waals surface area contributed by atoms with Crippen molar-refractivity contribution in [1.82, 2.24) is 0 Å². The topological polar surface area (TPSA) is 34.1 Å². The monoisotopic (exact) mass is 184 g/mol. The summed E-state index contributed by atoms with van der Waals surface area (Å²) in [5, 5.41) is -0.404. The molecule has 0 spiro atoms. The van der Waals surface area contributed by atoms with Gasteiger partial charge >= 0.3 is 0 Å². The van der Waals surface area contributed by atoms with E-state index in [1.807, 2.05) is 30.3 Å². The van der Waals surface area contributed by atoms with Crippen LogP contribution in [0, 0.1) is 0 Å². The molecule has 1 unspecified atom stereocenters. The summed E-state index contributed by atoms with van der Waals surface area (Å²) in [7, 11) is -2.96. The van der Waals surface area contributed by atoms with Gasteiger partial charge in [-0.05, 0) is 12.5 Å². The van der Waals surface area contributed by atoms with Crippen molar-refractivity contribution in [3.63, 3.8) is 0 Å². The molecule has 0 saturated carbocycles. The lowest BCUT2D eigenvalue weighted by Gasteiger charge is -2.08. The molecule has 0 amide bonds. The van der Waals surface area contributed by atoms with Crippen LogP contribution in [0.3, 0.4) is 0 Å². The number of benzene rings is 1. The number of sulfone groups is 1. The molecule has 0 N–H and O–H groups in total. The third-order valence-electron chi connectivity index (χ3n) is 1.91. The molecule has 0 aliphatic heterocycles. The van der Waals surface area contributed by atoms with E-state index in [-0.39, 0.29) is 0 Å². The lowest BCUT2D eigenvalue weighted by atomic mass is 10.2. The van der Waals surface area contributed by atoms with Crippen molar-refractivity contribution in [2.45, 2.75) is 12.2 Å². The largest absolute Gasteiger partial charge is 0.229 e. The first kappa shape index (κ1) is 9.26. The molecular formula is C9H12O2S. The van der Waals surface area contributed by atoms with E-state index >= 15 is 0 Å². The van der Waals surface area contributed by atoms with Crippen LogP contribution in [0.4, 0.5) is 0 Å². The zero-order valence-electron chi connectivity index (χ0n) is 7.19. The van der Waals surface area contributed by atoms with Crippen molar-refractivity contribution < 1.29 is 8.42 Å². The summed E-state index contributed by atoms with van der Waals surface area (Å²) >= 11 is 0. The summed E-state index contributed by atoms with van der Waals surface area (Å²) in [5.41, 5.74) is 0.847. The van der Waals surface area contributed by atoms with E-state index in [9.17, 15) is 8.42 Å². The van der Waals surface area contributed by atoms with E-state index in [4.69, 9.17) is 0 Å². The molecule has 0 heterocycles. The second-order valence-corrected chi connectivity index (χ2v) is 5.25. The van der Waals surface area contributed by atoms with Crippen LogP contribution >= 0.6 is 0 Å². The highest BCUT2D eigenvalue weighted by Crippen LogP contribution is 2.19. The van der Waals surface area contributed by atoms with Crippen molar-refractivity contribution >= 4 is 9.84 Å². The highest BCUT2D eigenvalue weighted by atomic mass is 32.2. The Morgan fingerprint density at radius 3 is 2.08 bits per heavy atom. The second kappa shape index (κ2) is 3.27. The van der Waals surface area contributed by atoms with E-state index in [1.54, 1.807) is 6.92 Å². The minimum atomic E-state index is -2.96. The smallest absolute Gasteiger partial charge is 0.154 e. The summed E-state index contributed by atoms with van der Waals surface area (Å²) in [6.45, 7) is 1.70. The highest BCUT2D eigenvalue weighted by molar-refractivity contribution is 7.90. The second-order valence-electron chi connectivity index (χ2n) is 2.88. The van der Waals surface area contributed by atoms with Gasteiger partial charge in [-0.3, -0.25) is 0 Å². The van der Waals surface area contributed by atoms with Crippen LogP contribution < -0.4 is 0 Å². The first-order valence-electron chi connectivity index (χ1n) is 3.75. The Hall–Kier alpha value is -0.830. The summed E-state index contributed by atoms with van der Waals surface area (Å²) in [5.74, 6) is 0. The van der Waals surface area contributed by atoms with Crippen LogP contribution in [0.25, 0.3) is 0 Å². The maximum Gasteiger partial charge on any atom is 0.154 e. The molecule has 1 aromatic rings. The Bertz CT molecular complexity index is 340. The maximum atomic E-state index is 11.1. The van der Waals surface area contributed by atoms with Gasteiger partial charge in [0, 0.05) is 6.26 Å². The van der Waals surface area contributed by atoms with Gasteiger partial charge in [0.1, 0.15) is 0 Å². The Balaban J connectivity index is 3.02.